The van der Waals surface area contributed by atoms with E-state index in [2.05, 4.69) is 6.92 Å². The van der Waals surface area contributed by atoms with Crippen molar-refractivity contribution in [1.29, 1.82) is 0 Å². The van der Waals surface area contributed by atoms with Gasteiger partial charge in [0.05, 0.1) is 0 Å². The number of fused-ring (bicyclic) bond motifs is 3. The average molecular weight is 358 g/mol. The van der Waals surface area contributed by atoms with E-state index in [-0.39, 0.29) is 5.63 Å². The second-order valence-corrected chi connectivity index (χ2v) is 7.00. The number of rotatable bonds is 8. The summed E-state index contributed by atoms with van der Waals surface area (Å²) in [6, 6.07) is 3.75. The molecule has 5 heteroatoms. The van der Waals surface area contributed by atoms with E-state index in [1.165, 1.54) is 12.8 Å². The molecule has 3 rings (SSSR count). The number of aryl methyl sites for hydroxylation is 2. The molecule has 0 unspecified atom stereocenters. The van der Waals surface area contributed by atoms with Crippen molar-refractivity contribution in [2.24, 2.45) is 0 Å². The molecule has 0 fully saturated rings. The monoisotopic (exact) mass is 358 g/mol. The largest absolute Gasteiger partial charge is 0.481 e. The van der Waals surface area contributed by atoms with Crippen molar-refractivity contribution in [2.75, 3.05) is 6.61 Å². The van der Waals surface area contributed by atoms with Gasteiger partial charge in [-0.3, -0.25) is 0 Å². The van der Waals surface area contributed by atoms with Gasteiger partial charge in [-0.15, -0.1) is 0 Å². The minimum absolute atomic E-state index is 0.271. The first-order valence-electron chi connectivity index (χ1n) is 9.56. The lowest BCUT2D eigenvalue weighted by molar-refractivity contribution is -0.139. The molecule has 1 aliphatic carbocycles. The fourth-order valence-corrected chi connectivity index (χ4v) is 3.73. The maximum absolute atomic E-state index is 12.3. The van der Waals surface area contributed by atoms with Gasteiger partial charge >= 0.3 is 11.6 Å². The van der Waals surface area contributed by atoms with Crippen LogP contribution in [0.3, 0.4) is 0 Å². The van der Waals surface area contributed by atoms with Crippen LogP contribution < -0.4 is 10.4 Å². The van der Waals surface area contributed by atoms with Crippen molar-refractivity contribution in [1.82, 2.24) is 0 Å². The van der Waals surface area contributed by atoms with Crippen molar-refractivity contribution in [3.63, 3.8) is 0 Å². The predicted molar refractivity (Wildman–Crippen MR) is 100 cm³/mol. The molecule has 140 valence electrons. The summed E-state index contributed by atoms with van der Waals surface area (Å²) in [6.07, 6.45) is 9.11. The second-order valence-electron chi connectivity index (χ2n) is 7.00. The predicted octanol–water partition coefficient (Wildman–Crippen LogP) is 4.26. The third-order valence-electron chi connectivity index (χ3n) is 5.06. The fourth-order valence-electron chi connectivity index (χ4n) is 3.73. The fraction of sp³-hybridized carbons (Fsp3) is 0.524. The zero-order valence-corrected chi connectivity index (χ0v) is 15.3. The van der Waals surface area contributed by atoms with Gasteiger partial charge in [-0.05, 0) is 55.7 Å². The molecular formula is C21H26O5. The molecule has 0 radical (unpaired) electrons. The Labute approximate surface area is 153 Å². The highest BCUT2D eigenvalue weighted by atomic mass is 16.5. The van der Waals surface area contributed by atoms with Gasteiger partial charge in [-0.1, -0.05) is 26.2 Å². The Morgan fingerprint density at radius 3 is 2.65 bits per heavy atom. The number of aliphatic carboxylic acids is 1. The summed E-state index contributed by atoms with van der Waals surface area (Å²) in [6.45, 7) is 1.77. The van der Waals surface area contributed by atoms with Crippen molar-refractivity contribution < 1.29 is 19.1 Å². The number of carbonyl (C=O) groups is 1. The van der Waals surface area contributed by atoms with Crippen LogP contribution in [0.4, 0.5) is 0 Å². The highest BCUT2D eigenvalue weighted by molar-refractivity contribution is 5.84. The first kappa shape index (κ1) is 18.5. The molecule has 0 atom stereocenters. The van der Waals surface area contributed by atoms with Crippen LogP contribution in [-0.4, -0.2) is 17.7 Å². The SMILES string of the molecule is CCCCCCc1cc2c3c(c(=O)oc2cc1OCC(=O)O)CCCC3. The van der Waals surface area contributed by atoms with Crippen molar-refractivity contribution in [2.45, 2.75) is 64.7 Å². The van der Waals surface area contributed by atoms with Crippen LogP contribution in [0.1, 0.15) is 62.1 Å². The number of carboxylic acid groups (broad SMARTS) is 1. The first-order chi connectivity index (χ1) is 12.6. The minimum Gasteiger partial charge on any atom is -0.481 e. The summed E-state index contributed by atoms with van der Waals surface area (Å²) in [5.74, 6) is -0.510. The van der Waals surface area contributed by atoms with E-state index in [1.54, 1.807) is 6.07 Å². The molecule has 0 spiro atoms. The highest BCUT2D eigenvalue weighted by Gasteiger charge is 2.20. The lowest BCUT2D eigenvalue weighted by atomic mass is 9.89. The molecule has 1 aromatic carbocycles. The summed E-state index contributed by atoms with van der Waals surface area (Å²) in [5, 5.41) is 9.91. The Hall–Kier alpha value is -2.30. The van der Waals surface area contributed by atoms with E-state index in [0.717, 1.165) is 67.0 Å². The first-order valence-corrected chi connectivity index (χ1v) is 9.56. The zero-order chi connectivity index (χ0) is 18.5. The molecule has 0 aliphatic heterocycles. The maximum atomic E-state index is 12.3. The average Bonchev–Trinajstić information content (AvgIpc) is 2.64. The van der Waals surface area contributed by atoms with Gasteiger partial charge in [0.2, 0.25) is 0 Å². The van der Waals surface area contributed by atoms with Crippen LogP contribution >= 0.6 is 0 Å². The van der Waals surface area contributed by atoms with Crippen molar-refractivity contribution >= 4 is 16.9 Å². The lowest BCUT2D eigenvalue weighted by Crippen LogP contribution is -2.16. The van der Waals surface area contributed by atoms with Crippen LogP contribution in [0.15, 0.2) is 21.3 Å². The van der Waals surface area contributed by atoms with E-state index in [1.807, 2.05) is 6.07 Å². The van der Waals surface area contributed by atoms with E-state index in [9.17, 15) is 9.59 Å². The van der Waals surface area contributed by atoms with E-state index in [0.29, 0.717) is 11.3 Å². The van der Waals surface area contributed by atoms with Crippen LogP contribution in [0.5, 0.6) is 5.75 Å². The Morgan fingerprint density at radius 2 is 1.92 bits per heavy atom. The number of unbranched alkanes of at least 4 members (excludes halogenated alkanes) is 3. The third kappa shape index (κ3) is 4.09. The van der Waals surface area contributed by atoms with E-state index < -0.39 is 12.6 Å². The summed E-state index contributed by atoms with van der Waals surface area (Å²) >= 11 is 0. The summed E-state index contributed by atoms with van der Waals surface area (Å²) in [4.78, 5) is 23.2. The van der Waals surface area contributed by atoms with Gasteiger partial charge in [0.25, 0.3) is 0 Å². The Kier molecular flexibility index (Phi) is 5.96. The Bertz CT molecular complexity index is 850. The lowest BCUT2D eigenvalue weighted by Gasteiger charge is -2.18. The van der Waals surface area contributed by atoms with Gasteiger partial charge in [0.15, 0.2) is 6.61 Å². The number of benzene rings is 1. The molecule has 1 N–H and O–H groups in total. The van der Waals surface area contributed by atoms with Crippen LogP contribution in [0.2, 0.25) is 0 Å². The molecular weight excluding hydrogens is 332 g/mol. The molecule has 2 aromatic rings. The topological polar surface area (TPSA) is 76.7 Å². The zero-order valence-electron chi connectivity index (χ0n) is 15.3. The Balaban J connectivity index is 2.01. The molecule has 1 aromatic heterocycles. The summed E-state index contributed by atoms with van der Waals surface area (Å²) in [5.41, 5.74) is 3.12. The van der Waals surface area contributed by atoms with Crippen molar-refractivity contribution in [3.8, 4) is 5.75 Å². The second kappa shape index (κ2) is 8.39. The van der Waals surface area contributed by atoms with Crippen LogP contribution in [0.25, 0.3) is 11.0 Å². The van der Waals surface area contributed by atoms with Gasteiger partial charge in [0.1, 0.15) is 11.3 Å². The van der Waals surface area contributed by atoms with E-state index in [4.69, 9.17) is 14.3 Å². The standard InChI is InChI=1S/C21H26O5/c1-2-3-4-5-8-14-11-17-15-9-6-7-10-16(15)21(24)26-19(17)12-18(14)25-13-20(22)23/h11-12H,2-10,13H2,1H3,(H,22,23). The molecule has 1 heterocycles. The van der Waals surface area contributed by atoms with Crippen molar-refractivity contribution in [3.05, 3.63) is 39.2 Å². The molecule has 0 amide bonds. The number of hydrogen-bond donors (Lipinski definition) is 1. The highest BCUT2D eigenvalue weighted by Crippen LogP contribution is 2.32. The summed E-state index contributed by atoms with van der Waals surface area (Å²) in [7, 11) is 0. The quantitative estimate of drug-likeness (QED) is 0.564. The normalized spacial score (nSPS) is 13.6. The molecule has 5 nitrogen and oxygen atoms in total. The van der Waals surface area contributed by atoms with Crippen LogP contribution in [-0.2, 0) is 24.1 Å². The molecule has 1 aliphatic rings. The van der Waals surface area contributed by atoms with Crippen LogP contribution in [0, 0.1) is 0 Å². The van der Waals surface area contributed by atoms with Gasteiger partial charge in [-0.2, -0.15) is 0 Å². The number of hydrogen-bond acceptors (Lipinski definition) is 4. The third-order valence-corrected chi connectivity index (χ3v) is 5.06. The van der Waals surface area contributed by atoms with Gasteiger partial charge in [0, 0.05) is 17.0 Å². The molecule has 0 bridgehead atoms. The number of ether oxygens (including phenoxy) is 1. The molecule has 0 saturated carbocycles. The number of carboxylic acids is 1. The molecule has 0 saturated heterocycles. The minimum atomic E-state index is -1.02. The van der Waals surface area contributed by atoms with Gasteiger partial charge in [-0.25, -0.2) is 9.59 Å². The maximum Gasteiger partial charge on any atom is 0.341 e. The van der Waals surface area contributed by atoms with E-state index >= 15 is 0 Å². The molecule has 26 heavy (non-hydrogen) atoms. The van der Waals surface area contributed by atoms with Gasteiger partial charge < -0.3 is 14.3 Å². The summed E-state index contributed by atoms with van der Waals surface area (Å²) < 4.78 is 11.0. The Morgan fingerprint density at radius 1 is 1.15 bits per heavy atom. The smallest absolute Gasteiger partial charge is 0.341 e.